The second-order valence-corrected chi connectivity index (χ2v) is 6.80. The van der Waals surface area contributed by atoms with Crippen LogP contribution in [0.2, 0.25) is 5.02 Å². The highest BCUT2D eigenvalue weighted by Gasteiger charge is 2.21. The number of nitrogens with one attached hydrogen (secondary N) is 2. The molecule has 3 rings (SSSR count). The molecular weight excluding hydrogens is 417 g/mol. The van der Waals surface area contributed by atoms with Crippen molar-refractivity contribution >= 4 is 23.5 Å². The van der Waals surface area contributed by atoms with E-state index in [4.69, 9.17) is 16.7 Å². The second-order valence-electron chi connectivity index (χ2n) is 6.37. The Bertz CT molecular complexity index is 1030. The van der Waals surface area contributed by atoms with Crippen molar-refractivity contribution in [2.75, 3.05) is 6.54 Å². The summed E-state index contributed by atoms with van der Waals surface area (Å²) in [6.07, 6.45) is -0.514. The maximum Gasteiger partial charge on any atom is 0.333 e. The number of H-pyrrole nitrogens is 1. The number of halogens is 2. The van der Waals surface area contributed by atoms with Crippen LogP contribution in [0.4, 0.5) is 4.39 Å². The van der Waals surface area contributed by atoms with Crippen molar-refractivity contribution in [1.82, 2.24) is 25.8 Å². The Kier molecular flexibility index (Phi) is 6.72. The Hall–Kier alpha value is -3.34. The summed E-state index contributed by atoms with van der Waals surface area (Å²) in [6, 6.07) is 11.0. The molecule has 0 spiro atoms. The second kappa shape index (κ2) is 9.44. The molecule has 0 saturated carbocycles. The van der Waals surface area contributed by atoms with Crippen LogP contribution < -0.4 is 5.43 Å². The predicted molar refractivity (Wildman–Crippen MR) is 105 cm³/mol. The van der Waals surface area contributed by atoms with E-state index in [0.29, 0.717) is 21.7 Å². The first kappa shape index (κ1) is 21.4. The number of aliphatic hydroxyl groups is 1. The molecule has 0 aliphatic rings. The zero-order chi connectivity index (χ0) is 21.7. The first-order valence-corrected chi connectivity index (χ1v) is 9.08. The van der Waals surface area contributed by atoms with Crippen LogP contribution in [-0.4, -0.2) is 55.2 Å². The average molecular weight is 434 g/mol. The van der Waals surface area contributed by atoms with Gasteiger partial charge >= 0.3 is 5.97 Å². The molecule has 9 nitrogen and oxygen atoms in total. The third kappa shape index (κ3) is 5.38. The van der Waals surface area contributed by atoms with E-state index in [-0.39, 0.29) is 18.8 Å². The van der Waals surface area contributed by atoms with Gasteiger partial charge in [-0.15, -0.1) is 5.10 Å². The van der Waals surface area contributed by atoms with E-state index < -0.39 is 23.8 Å². The van der Waals surface area contributed by atoms with Crippen LogP contribution in [0.25, 0.3) is 11.1 Å². The molecule has 156 valence electrons. The number of carbonyl (C=O) groups excluding carboxylic acids is 1. The summed E-state index contributed by atoms with van der Waals surface area (Å²) in [7, 11) is 0. The van der Waals surface area contributed by atoms with Crippen LogP contribution >= 0.6 is 11.6 Å². The number of hydrogen-bond donors (Lipinski definition) is 4. The normalized spacial score (nSPS) is 12.0. The van der Waals surface area contributed by atoms with Crippen LogP contribution in [0.1, 0.15) is 16.1 Å². The third-order valence-corrected chi connectivity index (χ3v) is 4.40. The Morgan fingerprint density at radius 1 is 1.23 bits per heavy atom. The van der Waals surface area contributed by atoms with Gasteiger partial charge in [0.1, 0.15) is 11.5 Å². The molecule has 0 bridgehead atoms. The fourth-order valence-electron chi connectivity index (χ4n) is 2.68. The number of rotatable bonds is 8. The summed E-state index contributed by atoms with van der Waals surface area (Å²) >= 11 is 5.93. The van der Waals surface area contributed by atoms with Gasteiger partial charge in [-0.2, -0.15) is 0 Å². The van der Waals surface area contributed by atoms with Gasteiger partial charge in [0.15, 0.2) is 6.10 Å². The molecule has 1 heterocycles. The topological polar surface area (TPSA) is 131 Å². The van der Waals surface area contributed by atoms with Gasteiger partial charge in [0.05, 0.1) is 12.7 Å². The van der Waals surface area contributed by atoms with Crippen LogP contribution in [-0.2, 0) is 11.3 Å². The summed E-state index contributed by atoms with van der Waals surface area (Å²) in [5.74, 6) is -2.45. The summed E-state index contributed by atoms with van der Waals surface area (Å²) < 4.78 is 14.1. The van der Waals surface area contributed by atoms with Gasteiger partial charge in [-0.3, -0.25) is 15.3 Å². The molecule has 0 aliphatic heterocycles. The smallest absolute Gasteiger partial charge is 0.333 e. The minimum atomic E-state index is -1.72. The van der Waals surface area contributed by atoms with E-state index in [9.17, 15) is 19.1 Å². The van der Waals surface area contributed by atoms with Crippen LogP contribution in [0.3, 0.4) is 0 Å². The molecule has 30 heavy (non-hydrogen) atoms. The number of aromatic nitrogens is 3. The molecule has 1 aromatic heterocycles. The highest BCUT2D eigenvalue weighted by Crippen LogP contribution is 2.26. The average Bonchev–Trinajstić information content (AvgIpc) is 3.25. The third-order valence-electron chi connectivity index (χ3n) is 4.16. The van der Waals surface area contributed by atoms with Crippen molar-refractivity contribution in [3.63, 3.8) is 0 Å². The zero-order valence-electron chi connectivity index (χ0n) is 15.4. The predicted octanol–water partition coefficient (Wildman–Crippen LogP) is 1.86. The van der Waals surface area contributed by atoms with Gasteiger partial charge in [0.2, 0.25) is 0 Å². The highest BCUT2D eigenvalue weighted by atomic mass is 35.5. The lowest BCUT2D eigenvalue weighted by Gasteiger charge is -2.24. The Balaban J connectivity index is 1.76. The molecule has 0 fully saturated rings. The van der Waals surface area contributed by atoms with Crippen molar-refractivity contribution in [3.8, 4) is 11.1 Å². The van der Waals surface area contributed by atoms with Gasteiger partial charge in [-0.1, -0.05) is 41.1 Å². The lowest BCUT2D eigenvalue weighted by atomic mass is 10.0. The van der Waals surface area contributed by atoms with Gasteiger partial charge in [-0.05, 0) is 29.3 Å². The fraction of sp³-hybridized carbons (Fsp3) is 0.158. The molecule has 2 aromatic carbocycles. The minimum absolute atomic E-state index is 0.0663. The zero-order valence-corrected chi connectivity index (χ0v) is 16.2. The molecule has 0 aliphatic carbocycles. The van der Waals surface area contributed by atoms with Crippen molar-refractivity contribution < 1.29 is 24.2 Å². The van der Waals surface area contributed by atoms with Gasteiger partial charge in [-0.25, -0.2) is 14.2 Å². The standard InChI is InChI=1S/C19H17ClFN5O4/c20-13-5-6-15(21)14(7-13)12-3-1-11(2-4-12)9-26(10-17(27)19(29)30)24-18(28)16-8-22-25-23-16/h1-8,17,27H,9-10H2,(H,24,28)(H,29,30)(H,22,23,25). The minimum Gasteiger partial charge on any atom is -0.479 e. The van der Waals surface area contributed by atoms with Crippen molar-refractivity contribution in [2.45, 2.75) is 12.6 Å². The molecule has 0 saturated heterocycles. The number of hydrazine groups is 1. The number of carboxylic acid groups (broad SMARTS) is 1. The van der Waals surface area contributed by atoms with E-state index in [1.54, 1.807) is 24.3 Å². The summed E-state index contributed by atoms with van der Waals surface area (Å²) in [6.45, 7) is -0.288. The SMILES string of the molecule is O=C(NN(Cc1ccc(-c2cc(Cl)ccc2F)cc1)CC(O)C(=O)O)c1cnn[nH]1. The molecule has 4 N–H and O–H groups in total. The molecule has 0 radical (unpaired) electrons. The molecule has 1 unspecified atom stereocenters. The largest absolute Gasteiger partial charge is 0.479 e. The number of aliphatic carboxylic acids is 1. The number of carbonyl (C=O) groups is 2. The Morgan fingerprint density at radius 2 is 1.97 bits per heavy atom. The molecule has 1 amide bonds. The number of hydrogen-bond acceptors (Lipinski definition) is 6. The summed E-state index contributed by atoms with van der Waals surface area (Å²) in [5.41, 5.74) is 4.19. The first-order chi connectivity index (χ1) is 14.3. The van der Waals surface area contributed by atoms with Crippen LogP contribution in [0.15, 0.2) is 48.7 Å². The van der Waals surface area contributed by atoms with E-state index in [0.717, 1.165) is 0 Å². The molecule has 11 heteroatoms. The monoisotopic (exact) mass is 433 g/mol. The lowest BCUT2D eigenvalue weighted by Crippen LogP contribution is -2.47. The number of benzene rings is 2. The summed E-state index contributed by atoms with van der Waals surface area (Å²) in [4.78, 5) is 23.2. The van der Waals surface area contributed by atoms with E-state index in [1.807, 2.05) is 0 Å². The van der Waals surface area contributed by atoms with E-state index >= 15 is 0 Å². The first-order valence-electron chi connectivity index (χ1n) is 8.70. The summed E-state index contributed by atoms with van der Waals surface area (Å²) in [5, 5.41) is 29.6. The lowest BCUT2D eigenvalue weighted by molar-refractivity contribution is -0.148. The number of aliphatic hydroxyl groups excluding tert-OH is 1. The molecule has 1 atom stereocenters. The van der Waals surface area contributed by atoms with Crippen LogP contribution in [0.5, 0.6) is 0 Å². The highest BCUT2D eigenvalue weighted by molar-refractivity contribution is 6.30. The fourth-order valence-corrected chi connectivity index (χ4v) is 2.85. The van der Waals surface area contributed by atoms with Gasteiger partial charge in [0, 0.05) is 17.1 Å². The van der Waals surface area contributed by atoms with E-state index in [2.05, 4.69) is 20.8 Å². The number of aromatic amines is 1. The van der Waals surface area contributed by atoms with Crippen molar-refractivity contribution in [3.05, 3.63) is 70.8 Å². The maximum absolute atomic E-state index is 14.1. The number of amides is 1. The van der Waals surface area contributed by atoms with Gasteiger partial charge < -0.3 is 10.2 Å². The van der Waals surface area contributed by atoms with Crippen LogP contribution in [0, 0.1) is 5.82 Å². The Labute approximate surface area is 175 Å². The molecule has 3 aromatic rings. The Morgan fingerprint density at radius 3 is 2.60 bits per heavy atom. The number of carboxylic acids is 1. The van der Waals surface area contributed by atoms with Crippen molar-refractivity contribution in [2.24, 2.45) is 0 Å². The maximum atomic E-state index is 14.1. The quantitative estimate of drug-likeness (QED) is 0.399. The van der Waals surface area contributed by atoms with Gasteiger partial charge in [0.25, 0.3) is 5.91 Å². The number of nitrogens with zero attached hydrogens (tertiary/aromatic N) is 3. The molecular formula is C19H17ClFN5O4. The van der Waals surface area contributed by atoms with E-state index in [1.165, 1.54) is 29.4 Å². The van der Waals surface area contributed by atoms with Crippen molar-refractivity contribution in [1.29, 1.82) is 0 Å².